The third kappa shape index (κ3) is 3.99. The van der Waals surface area contributed by atoms with Crippen LogP contribution in [-0.2, 0) is 0 Å². The highest BCUT2D eigenvalue weighted by atomic mass is 16.4. The zero-order valence-corrected chi connectivity index (χ0v) is 8.79. The number of nitrogens with one attached hydrogen (secondary N) is 2. The van der Waals surface area contributed by atoms with Gasteiger partial charge in [0.15, 0.2) is 0 Å². The Labute approximate surface area is 89.3 Å². The summed E-state index contributed by atoms with van der Waals surface area (Å²) in [4.78, 5) is 10.6. The van der Waals surface area contributed by atoms with Gasteiger partial charge < -0.3 is 15.7 Å². The Balaban J connectivity index is 2.39. The Morgan fingerprint density at radius 3 is 2.47 bits per heavy atom. The molecule has 0 radical (unpaired) electrons. The molecule has 0 amide bonds. The van der Waals surface area contributed by atoms with E-state index in [0.29, 0.717) is 5.56 Å². The van der Waals surface area contributed by atoms with Crippen LogP contribution >= 0.6 is 0 Å². The molecule has 0 aliphatic rings. The summed E-state index contributed by atoms with van der Waals surface area (Å²) in [6, 6.07) is 6.76. The first-order chi connectivity index (χ1) is 7.24. The molecule has 4 heteroatoms. The second kappa shape index (κ2) is 6.03. The predicted octanol–water partition coefficient (Wildman–Crippen LogP) is 1.41. The van der Waals surface area contributed by atoms with Crippen molar-refractivity contribution in [2.75, 3.05) is 25.5 Å². The number of hydrogen-bond donors (Lipinski definition) is 3. The maximum Gasteiger partial charge on any atom is 0.335 e. The quantitative estimate of drug-likeness (QED) is 0.618. The van der Waals surface area contributed by atoms with E-state index in [1.54, 1.807) is 24.3 Å². The molecule has 15 heavy (non-hydrogen) atoms. The summed E-state index contributed by atoms with van der Waals surface area (Å²) in [5.74, 6) is -0.892. The van der Waals surface area contributed by atoms with Crippen molar-refractivity contribution in [2.24, 2.45) is 0 Å². The van der Waals surface area contributed by atoms with Crippen molar-refractivity contribution in [1.29, 1.82) is 0 Å². The molecule has 0 unspecified atom stereocenters. The number of carboxylic acid groups (broad SMARTS) is 1. The standard InChI is InChI=1S/C11H16N2O2/c1-12-7-2-8-13-10-5-3-9(4-6-10)11(14)15/h3-6,12-13H,2,7-8H2,1H3,(H,14,15). The molecule has 0 heterocycles. The molecular formula is C11H16N2O2. The Morgan fingerprint density at radius 1 is 1.27 bits per heavy atom. The average Bonchev–Trinajstić information content (AvgIpc) is 2.25. The van der Waals surface area contributed by atoms with Crippen molar-refractivity contribution in [1.82, 2.24) is 5.32 Å². The molecule has 0 saturated heterocycles. The maximum atomic E-state index is 10.6. The lowest BCUT2D eigenvalue weighted by molar-refractivity contribution is 0.0697. The van der Waals surface area contributed by atoms with Crippen molar-refractivity contribution < 1.29 is 9.90 Å². The largest absolute Gasteiger partial charge is 0.478 e. The Morgan fingerprint density at radius 2 is 1.93 bits per heavy atom. The van der Waals surface area contributed by atoms with E-state index >= 15 is 0 Å². The van der Waals surface area contributed by atoms with Gasteiger partial charge in [-0.1, -0.05) is 0 Å². The average molecular weight is 208 g/mol. The molecule has 0 aliphatic heterocycles. The van der Waals surface area contributed by atoms with Gasteiger partial charge in [0.05, 0.1) is 5.56 Å². The van der Waals surface area contributed by atoms with Gasteiger partial charge in [-0.25, -0.2) is 4.79 Å². The minimum Gasteiger partial charge on any atom is -0.478 e. The number of benzene rings is 1. The van der Waals surface area contributed by atoms with Gasteiger partial charge in [-0.2, -0.15) is 0 Å². The molecule has 0 bridgehead atoms. The third-order valence-electron chi connectivity index (χ3n) is 2.06. The molecule has 1 aromatic carbocycles. The molecular weight excluding hydrogens is 192 g/mol. The number of aromatic carboxylic acids is 1. The van der Waals surface area contributed by atoms with Crippen molar-refractivity contribution in [2.45, 2.75) is 6.42 Å². The fourth-order valence-corrected chi connectivity index (χ4v) is 1.23. The van der Waals surface area contributed by atoms with Crippen LogP contribution in [0.3, 0.4) is 0 Å². The van der Waals surface area contributed by atoms with Gasteiger partial charge in [0.1, 0.15) is 0 Å². The molecule has 4 nitrogen and oxygen atoms in total. The fourth-order valence-electron chi connectivity index (χ4n) is 1.23. The summed E-state index contributed by atoms with van der Waals surface area (Å²) in [6.45, 7) is 1.85. The van der Waals surface area contributed by atoms with E-state index in [4.69, 9.17) is 5.11 Å². The lowest BCUT2D eigenvalue weighted by Crippen LogP contribution is -2.12. The fraction of sp³-hybridized carbons (Fsp3) is 0.364. The summed E-state index contributed by atoms with van der Waals surface area (Å²) in [5, 5.41) is 15.0. The van der Waals surface area contributed by atoms with Crippen molar-refractivity contribution in [3.63, 3.8) is 0 Å². The van der Waals surface area contributed by atoms with E-state index in [-0.39, 0.29) is 0 Å². The lowest BCUT2D eigenvalue weighted by atomic mass is 10.2. The summed E-state index contributed by atoms with van der Waals surface area (Å²) in [6.07, 6.45) is 1.04. The molecule has 0 spiro atoms. The van der Waals surface area contributed by atoms with Crippen LogP contribution in [0.15, 0.2) is 24.3 Å². The SMILES string of the molecule is CNCCCNc1ccc(C(=O)O)cc1. The topological polar surface area (TPSA) is 61.4 Å². The third-order valence-corrected chi connectivity index (χ3v) is 2.06. The van der Waals surface area contributed by atoms with E-state index in [0.717, 1.165) is 25.2 Å². The van der Waals surface area contributed by atoms with Crippen molar-refractivity contribution in [3.8, 4) is 0 Å². The summed E-state index contributed by atoms with van der Waals surface area (Å²) in [7, 11) is 1.92. The zero-order valence-electron chi connectivity index (χ0n) is 8.79. The molecule has 0 atom stereocenters. The first kappa shape index (κ1) is 11.5. The van der Waals surface area contributed by atoms with Gasteiger partial charge in [-0.3, -0.25) is 0 Å². The normalized spacial score (nSPS) is 9.93. The smallest absolute Gasteiger partial charge is 0.335 e. The first-order valence-corrected chi connectivity index (χ1v) is 4.96. The van der Waals surface area contributed by atoms with Crippen LogP contribution in [0.2, 0.25) is 0 Å². The van der Waals surface area contributed by atoms with Crippen LogP contribution < -0.4 is 10.6 Å². The zero-order chi connectivity index (χ0) is 11.1. The van der Waals surface area contributed by atoms with Gasteiger partial charge in [0, 0.05) is 12.2 Å². The van der Waals surface area contributed by atoms with E-state index in [1.165, 1.54) is 0 Å². The Kier molecular flexibility index (Phi) is 4.63. The number of carboxylic acids is 1. The minimum atomic E-state index is -0.892. The van der Waals surface area contributed by atoms with Crippen LogP contribution in [0.1, 0.15) is 16.8 Å². The monoisotopic (exact) mass is 208 g/mol. The maximum absolute atomic E-state index is 10.6. The molecule has 0 aliphatic carbocycles. The van der Waals surface area contributed by atoms with Crippen LogP contribution in [-0.4, -0.2) is 31.2 Å². The second-order valence-corrected chi connectivity index (χ2v) is 3.27. The highest BCUT2D eigenvalue weighted by Crippen LogP contribution is 2.09. The first-order valence-electron chi connectivity index (χ1n) is 4.96. The van der Waals surface area contributed by atoms with Crippen LogP contribution in [0.25, 0.3) is 0 Å². The Hall–Kier alpha value is -1.55. The molecule has 0 saturated carbocycles. The molecule has 1 rings (SSSR count). The van der Waals surface area contributed by atoms with E-state index in [2.05, 4.69) is 10.6 Å². The van der Waals surface area contributed by atoms with Gasteiger partial charge in [-0.05, 0) is 44.3 Å². The molecule has 82 valence electrons. The highest BCUT2D eigenvalue weighted by Gasteiger charge is 2.00. The number of carbonyl (C=O) groups is 1. The van der Waals surface area contributed by atoms with Crippen LogP contribution in [0, 0.1) is 0 Å². The molecule has 0 aromatic heterocycles. The van der Waals surface area contributed by atoms with E-state index in [1.807, 2.05) is 7.05 Å². The summed E-state index contributed by atoms with van der Waals surface area (Å²) >= 11 is 0. The van der Waals surface area contributed by atoms with E-state index < -0.39 is 5.97 Å². The minimum absolute atomic E-state index is 0.316. The Bertz CT molecular complexity index is 309. The number of rotatable bonds is 6. The highest BCUT2D eigenvalue weighted by molar-refractivity contribution is 5.87. The molecule has 3 N–H and O–H groups in total. The van der Waals surface area contributed by atoms with Crippen LogP contribution in [0.4, 0.5) is 5.69 Å². The lowest BCUT2D eigenvalue weighted by Gasteiger charge is -2.05. The summed E-state index contributed by atoms with van der Waals surface area (Å²) in [5.41, 5.74) is 1.27. The summed E-state index contributed by atoms with van der Waals surface area (Å²) < 4.78 is 0. The van der Waals surface area contributed by atoms with Gasteiger partial charge in [-0.15, -0.1) is 0 Å². The van der Waals surface area contributed by atoms with E-state index in [9.17, 15) is 4.79 Å². The van der Waals surface area contributed by atoms with Crippen molar-refractivity contribution in [3.05, 3.63) is 29.8 Å². The van der Waals surface area contributed by atoms with Gasteiger partial charge in [0.2, 0.25) is 0 Å². The molecule has 1 aromatic rings. The van der Waals surface area contributed by atoms with Gasteiger partial charge in [0.25, 0.3) is 0 Å². The number of anilines is 1. The molecule has 0 fully saturated rings. The van der Waals surface area contributed by atoms with Crippen molar-refractivity contribution >= 4 is 11.7 Å². The second-order valence-electron chi connectivity index (χ2n) is 3.27. The van der Waals surface area contributed by atoms with Crippen LogP contribution in [0.5, 0.6) is 0 Å². The number of hydrogen-bond acceptors (Lipinski definition) is 3. The van der Waals surface area contributed by atoms with Gasteiger partial charge >= 0.3 is 5.97 Å². The predicted molar refractivity (Wildman–Crippen MR) is 60.4 cm³/mol.